The van der Waals surface area contributed by atoms with Crippen LogP contribution in [0.25, 0.3) is 0 Å². The molecule has 0 atom stereocenters. The maximum atomic E-state index is 3.71. The third kappa shape index (κ3) is 5.80. The smallest absolute Gasteiger partial charge is 0.00177 e. The van der Waals surface area contributed by atoms with Gasteiger partial charge in [0.2, 0.25) is 0 Å². The molecule has 0 aliphatic carbocycles. The summed E-state index contributed by atoms with van der Waals surface area (Å²) in [5.41, 5.74) is 6.72. The van der Waals surface area contributed by atoms with E-state index >= 15 is 0 Å². The lowest BCUT2D eigenvalue weighted by Crippen LogP contribution is -1.78. The van der Waals surface area contributed by atoms with Crippen molar-refractivity contribution in [2.24, 2.45) is 0 Å². The van der Waals surface area contributed by atoms with E-state index in [0.29, 0.717) is 0 Å². The second kappa shape index (κ2) is 8.14. The summed E-state index contributed by atoms with van der Waals surface area (Å²) < 4.78 is 0. The van der Waals surface area contributed by atoms with Crippen LogP contribution in [0.1, 0.15) is 39.0 Å². The summed E-state index contributed by atoms with van der Waals surface area (Å²) in [4.78, 5) is 0. The average molecular weight is 162 g/mol. The number of rotatable bonds is 6. The molecule has 0 aliphatic heterocycles. The van der Waals surface area contributed by atoms with Gasteiger partial charge >= 0.3 is 0 Å². The van der Waals surface area contributed by atoms with E-state index < -0.39 is 0 Å². The molecule has 0 fully saturated rings. The van der Waals surface area contributed by atoms with E-state index in [9.17, 15) is 0 Å². The molecule has 0 aromatic heterocycles. The maximum Gasteiger partial charge on any atom is 0.00177 e. The first-order valence-corrected chi connectivity index (χ1v) is 4.61. The zero-order valence-electron chi connectivity index (χ0n) is 8.03. The lowest BCUT2D eigenvalue weighted by atomic mass is 10.1. The van der Waals surface area contributed by atoms with Crippen LogP contribution in [0.3, 0.4) is 0 Å². The summed E-state index contributed by atoms with van der Waals surface area (Å²) in [6.45, 7) is 9.42. The summed E-state index contributed by atoms with van der Waals surface area (Å²) in [5, 5.41) is 0. The fraction of sp³-hybridized carbons (Fsp3) is 0.500. The molecular weight excluding hydrogens is 144 g/mol. The topological polar surface area (TPSA) is 0 Å². The Balaban J connectivity index is 3.67. The number of hydrogen-bond acceptors (Lipinski definition) is 0. The molecule has 0 aromatic rings. The van der Waals surface area contributed by atoms with Gasteiger partial charge in [-0.2, -0.15) is 0 Å². The van der Waals surface area contributed by atoms with Crippen molar-refractivity contribution in [2.75, 3.05) is 0 Å². The Morgan fingerprint density at radius 2 is 2.08 bits per heavy atom. The van der Waals surface area contributed by atoms with E-state index in [2.05, 4.69) is 31.5 Å². The first-order chi connectivity index (χ1) is 5.85. The van der Waals surface area contributed by atoms with Gasteiger partial charge in [0.05, 0.1) is 0 Å². The average Bonchev–Trinajstić information content (AvgIpc) is 2.10. The van der Waals surface area contributed by atoms with Crippen LogP contribution in [0.4, 0.5) is 0 Å². The van der Waals surface area contributed by atoms with Crippen molar-refractivity contribution in [1.82, 2.24) is 0 Å². The SMILES string of the molecule is C=C=C=C(C=C)CCCCCC. The molecule has 0 N–H and O–H groups in total. The highest BCUT2D eigenvalue weighted by molar-refractivity contribution is 5.14. The third-order valence-corrected chi connectivity index (χ3v) is 1.80. The maximum absolute atomic E-state index is 3.71. The van der Waals surface area contributed by atoms with Gasteiger partial charge in [-0.05, 0) is 19.4 Å². The zero-order chi connectivity index (χ0) is 9.23. The van der Waals surface area contributed by atoms with Crippen molar-refractivity contribution in [3.05, 3.63) is 36.3 Å². The van der Waals surface area contributed by atoms with E-state index in [4.69, 9.17) is 0 Å². The Kier molecular flexibility index (Phi) is 7.49. The van der Waals surface area contributed by atoms with Crippen LogP contribution < -0.4 is 0 Å². The van der Waals surface area contributed by atoms with Crippen LogP contribution in [0.5, 0.6) is 0 Å². The van der Waals surface area contributed by atoms with Gasteiger partial charge < -0.3 is 0 Å². The van der Waals surface area contributed by atoms with Gasteiger partial charge in [-0.25, -0.2) is 0 Å². The Hall–Kier alpha value is -0.960. The minimum Gasteiger partial charge on any atom is -0.0982 e. The third-order valence-electron chi connectivity index (χ3n) is 1.80. The highest BCUT2D eigenvalue weighted by Crippen LogP contribution is 2.09. The minimum atomic E-state index is 1.06. The molecule has 0 nitrogen and oxygen atoms in total. The van der Waals surface area contributed by atoms with Crippen molar-refractivity contribution >= 4 is 0 Å². The molecular formula is C12H18. The van der Waals surface area contributed by atoms with Crippen LogP contribution in [0.2, 0.25) is 0 Å². The van der Waals surface area contributed by atoms with Gasteiger partial charge in [-0.3, -0.25) is 0 Å². The quantitative estimate of drug-likeness (QED) is 0.314. The summed E-state index contributed by atoms with van der Waals surface area (Å²) in [6, 6.07) is 0. The first kappa shape index (κ1) is 11.0. The molecule has 66 valence electrons. The van der Waals surface area contributed by atoms with Crippen LogP contribution in [0.15, 0.2) is 36.3 Å². The molecule has 0 saturated heterocycles. The van der Waals surface area contributed by atoms with Gasteiger partial charge in [0, 0.05) is 5.57 Å². The molecule has 0 aliphatic rings. The molecule has 12 heavy (non-hydrogen) atoms. The summed E-state index contributed by atoms with van der Waals surface area (Å²) in [6.07, 6.45) is 8.03. The van der Waals surface area contributed by atoms with Gasteiger partial charge in [-0.1, -0.05) is 50.3 Å². The molecule has 0 radical (unpaired) electrons. The van der Waals surface area contributed by atoms with Gasteiger partial charge in [-0.15, -0.1) is 0 Å². The second-order valence-corrected chi connectivity index (χ2v) is 2.84. The molecule has 0 rings (SSSR count). The standard InChI is InChI=1S/C12H18/c1-4-7-8-9-11-12(6-3)10-5-2/h6H,2-4,7-9,11H2,1H3. The van der Waals surface area contributed by atoms with Gasteiger partial charge in [0.15, 0.2) is 0 Å². The number of allylic oxidation sites excluding steroid dienone is 2. The zero-order valence-corrected chi connectivity index (χ0v) is 8.03. The Morgan fingerprint density at radius 1 is 1.33 bits per heavy atom. The van der Waals surface area contributed by atoms with Crippen molar-refractivity contribution in [3.8, 4) is 0 Å². The Morgan fingerprint density at radius 3 is 2.58 bits per heavy atom. The summed E-state index contributed by atoms with van der Waals surface area (Å²) in [7, 11) is 0. The fourth-order valence-corrected chi connectivity index (χ4v) is 1.07. The Labute approximate surface area is 76.0 Å². The molecule has 0 amide bonds. The van der Waals surface area contributed by atoms with E-state index in [1.807, 2.05) is 6.08 Å². The van der Waals surface area contributed by atoms with Crippen molar-refractivity contribution in [1.29, 1.82) is 0 Å². The van der Waals surface area contributed by atoms with Gasteiger partial charge in [0.25, 0.3) is 0 Å². The van der Waals surface area contributed by atoms with Crippen LogP contribution in [0, 0.1) is 0 Å². The van der Waals surface area contributed by atoms with E-state index in [-0.39, 0.29) is 0 Å². The molecule has 0 spiro atoms. The minimum absolute atomic E-state index is 1.06. The molecule has 0 heteroatoms. The second-order valence-electron chi connectivity index (χ2n) is 2.84. The fourth-order valence-electron chi connectivity index (χ4n) is 1.07. The summed E-state index contributed by atoms with van der Waals surface area (Å²) in [5.74, 6) is 0. The van der Waals surface area contributed by atoms with E-state index in [1.165, 1.54) is 25.7 Å². The van der Waals surface area contributed by atoms with E-state index in [1.54, 1.807) is 0 Å². The predicted molar refractivity (Wildman–Crippen MR) is 55.1 cm³/mol. The van der Waals surface area contributed by atoms with Crippen molar-refractivity contribution in [3.63, 3.8) is 0 Å². The van der Waals surface area contributed by atoms with Crippen LogP contribution in [-0.4, -0.2) is 0 Å². The van der Waals surface area contributed by atoms with Crippen LogP contribution in [-0.2, 0) is 0 Å². The molecule has 0 aromatic carbocycles. The largest absolute Gasteiger partial charge is 0.0982 e. The highest BCUT2D eigenvalue weighted by Gasteiger charge is 1.90. The molecule has 0 heterocycles. The molecule has 0 bridgehead atoms. The molecule has 0 saturated carbocycles. The molecule has 0 unspecified atom stereocenters. The predicted octanol–water partition coefficient (Wildman–Crippen LogP) is 4.01. The number of unbranched alkanes of at least 4 members (excludes halogenated alkanes) is 3. The Bertz CT molecular complexity index is 198. The summed E-state index contributed by atoms with van der Waals surface area (Å²) >= 11 is 0. The first-order valence-electron chi connectivity index (χ1n) is 4.61. The highest BCUT2D eigenvalue weighted by atomic mass is 14.0. The van der Waals surface area contributed by atoms with Crippen LogP contribution >= 0.6 is 0 Å². The lowest BCUT2D eigenvalue weighted by molar-refractivity contribution is 0.668. The normalized spacial score (nSPS) is 8.42. The van der Waals surface area contributed by atoms with E-state index in [0.717, 1.165) is 12.0 Å². The lowest BCUT2D eigenvalue weighted by Gasteiger charge is -1.97. The van der Waals surface area contributed by atoms with Gasteiger partial charge in [0.1, 0.15) is 0 Å². The monoisotopic (exact) mass is 162 g/mol. The van der Waals surface area contributed by atoms with Crippen molar-refractivity contribution < 1.29 is 0 Å². The number of hydrogen-bond donors (Lipinski definition) is 0. The van der Waals surface area contributed by atoms with Crippen molar-refractivity contribution in [2.45, 2.75) is 39.0 Å².